The molecule has 1 aliphatic heterocycles. The summed E-state index contributed by atoms with van der Waals surface area (Å²) in [5, 5.41) is 0. The third kappa shape index (κ3) is 4.07. The van der Waals surface area contributed by atoms with Crippen molar-refractivity contribution in [3.05, 3.63) is 35.4 Å². The molecule has 1 aliphatic carbocycles. The lowest BCUT2D eigenvalue weighted by Crippen LogP contribution is -2.42. The monoisotopic (exact) mass is 336 g/mol. The van der Waals surface area contributed by atoms with E-state index in [9.17, 15) is 4.79 Å². The lowest BCUT2D eigenvalue weighted by atomic mass is 9.94. The summed E-state index contributed by atoms with van der Waals surface area (Å²) in [4.78, 5) is 15.1. The SMILES string of the molecule is Cc1ccc(CC2CCCN2C(=O)[C@@H]2CCC[C@@H]2CN)cc1.Cl. The molecule has 1 saturated carbocycles. The lowest BCUT2D eigenvalue weighted by molar-refractivity contribution is -0.137. The van der Waals surface area contributed by atoms with Gasteiger partial charge in [-0.1, -0.05) is 36.2 Å². The van der Waals surface area contributed by atoms with E-state index in [-0.39, 0.29) is 18.3 Å². The Morgan fingerprint density at radius 3 is 2.61 bits per heavy atom. The zero-order valence-corrected chi connectivity index (χ0v) is 14.9. The smallest absolute Gasteiger partial charge is 0.226 e. The zero-order valence-electron chi connectivity index (χ0n) is 14.0. The molecular weight excluding hydrogens is 308 g/mol. The van der Waals surface area contributed by atoms with Crippen LogP contribution in [0.25, 0.3) is 0 Å². The molecule has 1 heterocycles. The molecule has 1 saturated heterocycles. The first-order valence-electron chi connectivity index (χ1n) is 8.75. The van der Waals surface area contributed by atoms with Gasteiger partial charge in [0.05, 0.1) is 0 Å². The molecule has 2 fully saturated rings. The third-order valence-electron chi connectivity index (χ3n) is 5.53. The van der Waals surface area contributed by atoms with Crippen LogP contribution in [0.1, 0.15) is 43.2 Å². The topological polar surface area (TPSA) is 46.3 Å². The van der Waals surface area contributed by atoms with E-state index >= 15 is 0 Å². The molecule has 0 bridgehead atoms. The summed E-state index contributed by atoms with van der Waals surface area (Å²) >= 11 is 0. The van der Waals surface area contributed by atoms with Crippen LogP contribution < -0.4 is 5.73 Å². The molecule has 0 spiro atoms. The normalized spacial score (nSPS) is 27.0. The van der Waals surface area contributed by atoms with Gasteiger partial charge in [0.2, 0.25) is 5.91 Å². The van der Waals surface area contributed by atoms with Crippen molar-refractivity contribution in [2.24, 2.45) is 17.6 Å². The maximum absolute atomic E-state index is 12.9. The highest BCUT2D eigenvalue weighted by Gasteiger charge is 2.38. The number of aryl methyl sites for hydroxylation is 1. The van der Waals surface area contributed by atoms with Gasteiger partial charge in [0.1, 0.15) is 0 Å². The van der Waals surface area contributed by atoms with Crippen molar-refractivity contribution < 1.29 is 4.79 Å². The second kappa shape index (κ2) is 8.16. The number of likely N-dealkylation sites (tertiary alicyclic amines) is 1. The summed E-state index contributed by atoms with van der Waals surface area (Å²) in [6, 6.07) is 9.12. The minimum absolute atomic E-state index is 0. The van der Waals surface area contributed by atoms with Crippen molar-refractivity contribution in [1.82, 2.24) is 4.90 Å². The Labute approximate surface area is 146 Å². The van der Waals surface area contributed by atoms with E-state index in [1.807, 2.05) is 0 Å². The first-order valence-corrected chi connectivity index (χ1v) is 8.75. The number of carbonyl (C=O) groups excluding carboxylic acids is 1. The van der Waals surface area contributed by atoms with E-state index in [4.69, 9.17) is 5.73 Å². The fraction of sp³-hybridized carbons (Fsp3) is 0.632. The first kappa shape index (κ1) is 18.3. The zero-order chi connectivity index (χ0) is 15.5. The third-order valence-corrected chi connectivity index (χ3v) is 5.53. The molecule has 1 unspecified atom stereocenters. The van der Waals surface area contributed by atoms with Crippen LogP contribution in [-0.4, -0.2) is 29.9 Å². The second-order valence-corrected chi connectivity index (χ2v) is 7.05. The van der Waals surface area contributed by atoms with Crippen LogP contribution in [0.4, 0.5) is 0 Å². The van der Waals surface area contributed by atoms with Crippen LogP contribution in [0.3, 0.4) is 0 Å². The number of nitrogens with two attached hydrogens (primary N) is 1. The van der Waals surface area contributed by atoms with Crippen molar-refractivity contribution in [2.45, 2.75) is 51.5 Å². The van der Waals surface area contributed by atoms with Gasteiger partial charge in [-0.15, -0.1) is 12.4 Å². The fourth-order valence-electron chi connectivity index (χ4n) is 4.19. The van der Waals surface area contributed by atoms with Crippen molar-refractivity contribution in [2.75, 3.05) is 13.1 Å². The minimum Gasteiger partial charge on any atom is -0.339 e. The van der Waals surface area contributed by atoms with Crippen LogP contribution in [0.2, 0.25) is 0 Å². The van der Waals surface area contributed by atoms with Crippen LogP contribution >= 0.6 is 12.4 Å². The number of rotatable bonds is 4. The Morgan fingerprint density at radius 2 is 1.91 bits per heavy atom. The molecule has 23 heavy (non-hydrogen) atoms. The predicted octanol–water partition coefficient (Wildman–Crippen LogP) is 3.33. The van der Waals surface area contributed by atoms with Crippen molar-refractivity contribution in [3.63, 3.8) is 0 Å². The molecule has 3 nitrogen and oxygen atoms in total. The number of amides is 1. The average Bonchev–Trinajstić information content (AvgIpc) is 3.17. The lowest BCUT2D eigenvalue weighted by Gasteiger charge is -2.29. The summed E-state index contributed by atoms with van der Waals surface area (Å²) in [5.74, 6) is 0.972. The molecule has 4 heteroatoms. The van der Waals surface area contributed by atoms with E-state index < -0.39 is 0 Å². The Morgan fingerprint density at radius 1 is 1.17 bits per heavy atom. The maximum atomic E-state index is 12.9. The van der Waals surface area contributed by atoms with Gasteiger partial charge in [-0.25, -0.2) is 0 Å². The number of benzene rings is 1. The van der Waals surface area contributed by atoms with Gasteiger partial charge in [0, 0.05) is 18.5 Å². The van der Waals surface area contributed by atoms with Crippen LogP contribution in [-0.2, 0) is 11.2 Å². The van der Waals surface area contributed by atoms with Gasteiger partial charge in [-0.3, -0.25) is 4.79 Å². The molecule has 1 aromatic carbocycles. The molecule has 1 aromatic rings. The second-order valence-electron chi connectivity index (χ2n) is 7.05. The van der Waals surface area contributed by atoms with E-state index in [0.29, 0.717) is 24.4 Å². The molecule has 128 valence electrons. The molecule has 2 aliphatic rings. The van der Waals surface area contributed by atoms with Crippen LogP contribution in [0.5, 0.6) is 0 Å². The Balaban J connectivity index is 0.00000192. The van der Waals surface area contributed by atoms with Crippen molar-refractivity contribution >= 4 is 18.3 Å². The van der Waals surface area contributed by atoms with Gasteiger partial charge in [0.15, 0.2) is 0 Å². The van der Waals surface area contributed by atoms with Crippen LogP contribution in [0.15, 0.2) is 24.3 Å². The molecule has 3 atom stereocenters. The van der Waals surface area contributed by atoms with Crippen molar-refractivity contribution in [3.8, 4) is 0 Å². The first-order chi connectivity index (χ1) is 10.7. The number of hydrogen-bond donors (Lipinski definition) is 1. The number of nitrogens with zero attached hydrogens (tertiary/aromatic N) is 1. The Kier molecular flexibility index (Phi) is 6.49. The molecule has 3 rings (SSSR count). The van der Waals surface area contributed by atoms with E-state index in [1.54, 1.807) is 0 Å². The van der Waals surface area contributed by atoms with Crippen LogP contribution in [0, 0.1) is 18.8 Å². The average molecular weight is 337 g/mol. The Bertz CT molecular complexity index is 517. The van der Waals surface area contributed by atoms with Gasteiger partial charge >= 0.3 is 0 Å². The van der Waals surface area contributed by atoms with E-state index in [1.165, 1.54) is 11.1 Å². The number of carbonyl (C=O) groups is 1. The maximum Gasteiger partial charge on any atom is 0.226 e. The summed E-state index contributed by atoms with van der Waals surface area (Å²) in [6.07, 6.45) is 6.60. The van der Waals surface area contributed by atoms with E-state index in [0.717, 1.165) is 45.1 Å². The number of hydrogen-bond acceptors (Lipinski definition) is 2. The highest BCUT2D eigenvalue weighted by molar-refractivity contribution is 5.85. The summed E-state index contributed by atoms with van der Waals surface area (Å²) in [6.45, 7) is 3.71. The fourth-order valence-corrected chi connectivity index (χ4v) is 4.19. The Hall–Kier alpha value is -1.06. The quantitative estimate of drug-likeness (QED) is 0.916. The van der Waals surface area contributed by atoms with Gasteiger partial charge < -0.3 is 10.6 Å². The standard InChI is InChI=1S/C19H28N2O.ClH/c1-14-7-9-15(10-8-14)12-17-5-3-11-21(17)19(22)18-6-2-4-16(18)13-20;/h7-10,16-18H,2-6,11-13,20H2,1H3;1H/t16-,17?,18-;/m1./s1. The summed E-state index contributed by atoms with van der Waals surface area (Å²) in [7, 11) is 0. The molecular formula is C19H29ClN2O. The minimum atomic E-state index is 0. The largest absolute Gasteiger partial charge is 0.339 e. The summed E-state index contributed by atoms with van der Waals surface area (Å²) in [5.41, 5.74) is 8.50. The molecule has 2 N–H and O–H groups in total. The molecule has 1 amide bonds. The number of halogens is 1. The predicted molar refractivity (Wildman–Crippen MR) is 96.8 cm³/mol. The summed E-state index contributed by atoms with van der Waals surface area (Å²) < 4.78 is 0. The van der Waals surface area contributed by atoms with E-state index in [2.05, 4.69) is 36.1 Å². The van der Waals surface area contributed by atoms with Gasteiger partial charge in [-0.05, 0) is 57.1 Å². The van der Waals surface area contributed by atoms with Gasteiger partial charge in [-0.2, -0.15) is 0 Å². The van der Waals surface area contributed by atoms with Gasteiger partial charge in [0.25, 0.3) is 0 Å². The highest BCUT2D eigenvalue weighted by Crippen LogP contribution is 2.34. The molecule has 0 radical (unpaired) electrons. The van der Waals surface area contributed by atoms with Crippen molar-refractivity contribution in [1.29, 1.82) is 0 Å². The molecule has 0 aromatic heterocycles. The highest BCUT2D eigenvalue weighted by atomic mass is 35.5.